The molecular weight excluding hydrogens is 383 g/mol. The van der Waals surface area contributed by atoms with Crippen LogP contribution in [0.4, 0.5) is 0 Å². The summed E-state index contributed by atoms with van der Waals surface area (Å²) in [5.41, 5.74) is 2.54. The Labute approximate surface area is 171 Å². The molecule has 5 nitrogen and oxygen atoms in total. The molecule has 0 spiro atoms. The molecule has 1 N–H and O–H groups in total. The molecule has 0 aliphatic carbocycles. The topological polar surface area (TPSA) is 50.2 Å². The molecule has 4 rings (SSSR count). The van der Waals surface area contributed by atoms with E-state index in [0.717, 1.165) is 37.3 Å². The molecule has 2 aromatic rings. The second kappa shape index (κ2) is 8.21. The van der Waals surface area contributed by atoms with Crippen LogP contribution in [0, 0.1) is 0 Å². The summed E-state index contributed by atoms with van der Waals surface area (Å²) in [6, 6.07) is 8.59. The van der Waals surface area contributed by atoms with E-state index >= 15 is 0 Å². The molecule has 27 heavy (non-hydrogen) atoms. The minimum absolute atomic E-state index is 0. The zero-order valence-corrected chi connectivity index (χ0v) is 17.3. The predicted molar refractivity (Wildman–Crippen MR) is 110 cm³/mol. The van der Waals surface area contributed by atoms with Crippen molar-refractivity contribution in [2.24, 2.45) is 0 Å². The first-order valence-corrected chi connectivity index (χ1v) is 9.80. The Morgan fingerprint density at radius 3 is 2.78 bits per heavy atom. The van der Waals surface area contributed by atoms with Crippen LogP contribution in [0.25, 0.3) is 5.69 Å². The molecule has 2 fully saturated rings. The van der Waals surface area contributed by atoms with Crippen molar-refractivity contribution in [2.45, 2.75) is 51.1 Å². The van der Waals surface area contributed by atoms with Gasteiger partial charge in [0.2, 0.25) is 0 Å². The van der Waals surface area contributed by atoms with Gasteiger partial charge in [-0.05, 0) is 43.4 Å². The monoisotopic (exact) mass is 408 g/mol. The SMILES string of the molecule is CC(C)c1c(C(=O)N2CCC3CCC(C2)N3)cnn1-c1cccc(Cl)c1.Cl. The number of hydrogen-bond acceptors (Lipinski definition) is 3. The molecule has 2 atom stereocenters. The third-order valence-corrected chi connectivity index (χ3v) is 5.68. The van der Waals surface area contributed by atoms with E-state index in [2.05, 4.69) is 24.3 Å². The fraction of sp³-hybridized carbons (Fsp3) is 0.500. The third-order valence-electron chi connectivity index (χ3n) is 5.45. The predicted octanol–water partition coefficient (Wildman–Crippen LogP) is 4.04. The highest BCUT2D eigenvalue weighted by molar-refractivity contribution is 6.30. The highest BCUT2D eigenvalue weighted by atomic mass is 35.5. The van der Waals surface area contributed by atoms with Gasteiger partial charge < -0.3 is 10.2 Å². The number of rotatable bonds is 3. The first-order chi connectivity index (χ1) is 12.5. The zero-order chi connectivity index (χ0) is 18.3. The van der Waals surface area contributed by atoms with Crippen LogP contribution in [0.2, 0.25) is 5.02 Å². The van der Waals surface area contributed by atoms with Crippen molar-refractivity contribution in [1.29, 1.82) is 0 Å². The van der Waals surface area contributed by atoms with Crippen LogP contribution in [-0.2, 0) is 0 Å². The fourth-order valence-electron chi connectivity index (χ4n) is 4.19. The van der Waals surface area contributed by atoms with E-state index in [-0.39, 0.29) is 24.2 Å². The lowest BCUT2D eigenvalue weighted by molar-refractivity contribution is 0.0746. The quantitative estimate of drug-likeness (QED) is 0.833. The van der Waals surface area contributed by atoms with E-state index in [4.69, 9.17) is 11.6 Å². The van der Waals surface area contributed by atoms with E-state index in [9.17, 15) is 4.79 Å². The second-order valence-electron chi connectivity index (χ2n) is 7.67. The minimum Gasteiger partial charge on any atom is -0.337 e. The molecule has 2 aliphatic rings. The van der Waals surface area contributed by atoms with Gasteiger partial charge in [-0.15, -0.1) is 12.4 Å². The van der Waals surface area contributed by atoms with Crippen molar-refractivity contribution in [3.8, 4) is 5.69 Å². The summed E-state index contributed by atoms with van der Waals surface area (Å²) in [5.74, 6) is 0.272. The average Bonchev–Trinajstić information content (AvgIpc) is 3.18. The van der Waals surface area contributed by atoms with Crippen molar-refractivity contribution in [2.75, 3.05) is 13.1 Å². The van der Waals surface area contributed by atoms with Gasteiger partial charge in [0.1, 0.15) is 0 Å². The lowest BCUT2D eigenvalue weighted by Gasteiger charge is -2.25. The summed E-state index contributed by atoms with van der Waals surface area (Å²) in [5, 5.41) is 8.83. The summed E-state index contributed by atoms with van der Waals surface area (Å²) in [6.07, 6.45) is 5.14. The number of likely N-dealkylation sites (tertiary alicyclic amines) is 1. The van der Waals surface area contributed by atoms with Crippen molar-refractivity contribution in [3.05, 3.63) is 46.7 Å². The van der Waals surface area contributed by atoms with Crippen LogP contribution >= 0.6 is 24.0 Å². The minimum atomic E-state index is 0. The molecule has 2 saturated heterocycles. The van der Waals surface area contributed by atoms with Gasteiger partial charge in [-0.1, -0.05) is 31.5 Å². The number of halogens is 2. The van der Waals surface area contributed by atoms with Gasteiger partial charge in [0.15, 0.2) is 0 Å². The summed E-state index contributed by atoms with van der Waals surface area (Å²) >= 11 is 6.15. The Balaban J connectivity index is 0.00000210. The van der Waals surface area contributed by atoms with Crippen molar-refractivity contribution < 1.29 is 4.79 Å². The van der Waals surface area contributed by atoms with Gasteiger partial charge in [-0.3, -0.25) is 4.79 Å². The van der Waals surface area contributed by atoms with Crippen molar-refractivity contribution >= 4 is 29.9 Å². The molecule has 7 heteroatoms. The number of hydrogen-bond donors (Lipinski definition) is 1. The number of nitrogens with one attached hydrogen (secondary N) is 1. The molecule has 1 aromatic carbocycles. The smallest absolute Gasteiger partial charge is 0.257 e. The Morgan fingerprint density at radius 1 is 1.26 bits per heavy atom. The zero-order valence-electron chi connectivity index (χ0n) is 15.7. The largest absolute Gasteiger partial charge is 0.337 e. The maximum absolute atomic E-state index is 13.3. The van der Waals surface area contributed by atoms with E-state index in [1.807, 2.05) is 33.8 Å². The van der Waals surface area contributed by atoms with Crippen LogP contribution in [0.5, 0.6) is 0 Å². The van der Waals surface area contributed by atoms with Crippen LogP contribution < -0.4 is 5.32 Å². The molecule has 1 amide bonds. The van der Waals surface area contributed by atoms with Crippen molar-refractivity contribution in [1.82, 2.24) is 20.0 Å². The second-order valence-corrected chi connectivity index (χ2v) is 8.10. The fourth-order valence-corrected chi connectivity index (χ4v) is 4.37. The highest BCUT2D eigenvalue weighted by Crippen LogP contribution is 2.27. The third kappa shape index (κ3) is 4.00. The average molecular weight is 409 g/mol. The van der Waals surface area contributed by atoms with Gasteiger partial charge in [-0.2, -0.15) is 5.10 Å². The first kappa shape index (κ1) is 20.2. The number of fused-ring (bicyclic) bond motifs is 2. The maximum atomic E-state index is 13.3. The molecule has 0 radical (unpaired) electrons. The maximum Gasteiger partial charge on any atom is 0.257 e. The summed E-state index contributed by atoms with van der Waals surface area (Å²) in [4.78, 5) is 15.3. The van der Waals surface area contributed by atoms with E-state index in [0.29, 0.717) is 22.7 Å². The molecular formula is C20H26Cl2N4O. The molecule has 2 aliphatic heterocycles. The number of carbonyl (C=O) groups excluding carboxylic acids is 1. The van der Waals surface area contributed by atoms with Gasteiger partial charge in [0.25, 0.3) is 5.91 Å². The normalized spacial score (nSPS) is 21.9. The number of benzene rings is 1. The number of amides is 1. The number of nitrogens with zero attached hydrogens (tertiary/aromatic N) is 3. The number of carbonyl (C=O) groups is 1. The van der Waals surface area contributed by atoms with Crippen LogP contribution in [-0.4, -0.2) is 45.8 Å². The standard InChI is InChI=1S/C20H25ClN4O.ClH/c1-13(2)19-18(11-22-25(19)17-5-3-4-14(21)10-17)20(26)24-9-8-15-6-7-16(12-24)23-15;/h3-5,10-11,13,15-16,23H,6-9,12H2,1-2H3;1H. The van der Waals surface area contributed by atoms with Crippen LogP contribution in [0.3, 0.4) is 0 Å². The Morgan fingerprint density at radius 2 is 2.04 bits per heavy atom. The Bertz CT molecular complexity index is 820. The summed E-state index contributed by atoms with van der Waals surface area (Å²) < 4.78 is 1.85. The summed E-state index contributed by atoms with van der Waals surface area (Å²) in [6.45, 7) is 5.80. The van der Waals surface area contributed by atoms with E-state index in [1.54, 1.807) is 6.20 Å². The lowest BCUT2D eigenvalue weighted by atomic mass is 10.0. The molecule has 1 aromatic heterocycles. The Hall–Kier alpha value is -1.56. The highest BCUT2D eigenvalue weighted by Gasteiger charge is 2.33. The first-order valence-electron chi connectivity index (χ1n) is 9.42. The van der Waals surface area contributed by atoms with Gasteiger partial charge >= 0.3 is 0 Å². The van der Waals surface area contributed by atoms with E-state index in [1.165, 1.54) is 6.42 Å². The number of aromatic nitrogens is 2. The lowest BCUT2D eigenvalue weighted by Crippen LogP contribution is -2.39. The Kier molecular flexibility index (Phi) is 6.14. The van der Waals surface area contributed by atoms with Gasteiger partial charge in [0.05, 0.1) is 23.1 Å². The molecule has 0 saturated carbocycles. The molecule has 146 valence electrons. The molecule has 2 bridgehead atoms. The summed E-state index contributed by atoms with van der Waals surface area (Å²) in [7, 11) is 0. The van der Waals surface area contributed by atoms with Gasteiger partial charge in [-0.25, -0.2) is 4.68 Å². The molecule has 2 unspecified atom stereocenters. The molecule has 3 heterocycles. The van der Waals surface area contributed by atoms with Gasteiger partial charge in [0, 0.05) is 30.2 Å². The van der Waals surface area contributed by atoms with E-state index < -0.39 is 0 Å². The van der Waals surface area contributed by atoms with Crippen LogP contribution in [0.1, 0.15) is 55.1 Å². The van der Waals surface area contributed by atoms with Crippen LogP contribution in [0.15, 0.2) is 30.5 Å². The van der Waals surface area contributed by atoms with Crippen molar-refractivity contribution in [3.63, 3.8) is 0 Å².